The standard InChI is InChI=1S/C18H29N/c1-14-4-2-3-6-19(14)7-5-18-11-15-8-16(12-18)10-17(9-15)13-18/h2-3,14-17H,4-13H2,1H3. The summed E-state index contributed by atoms with van der Waals surface area (Å²) in [5.41, 5.74) is 0.773. The van der Waals surface area contributed by atoms with E-state index in [-0.39, 0.29) is 0 Å². The van der Waals surface area contributed by atoms with Crippen molar-refractivity contribution in [3.05, 3.63) is 12.2 Å². The number of rotatable bonds is 3. The molecule has 4 saturated carbocycles. The molecule has 1 unspecified atom stereocenters. The zero-order valence-corrected chi connectivity index (χ0v) is 12.5. The van der Waals surface area contributed by atoms with E-state index in [0.29, 0.717) is 0 Å². The maximum atomic E-state index is 2.72. The molecular formula is C18H29N. The smallest absolute Gasteiger partial charge is 0.0166 e. The Kier molecular flexibility index (Phi) is 3.02. The van der Waals surface area contributed by atoms with E-state index < -0.39 is 0 Å². The van der Waals surface area contributed by atoms with Crippen LogP contribution in [0.25, 0.3) is 0 Å². The molecule has 0 aromatic carbocycles. The lowest BCUT2D eigenvalue weighted by molar-refractivity contribution is -0.0618. The van der Waals surface area contributed by atoms with E-state index in [4.69, 9.17) is 0 Å². The highest BCUT2D eigenvalue weighted by Crippen LogP contribution is 2.61. The van der Waals surface area contributed by atoms with Gasteiger partial charge >= 0.3 is 0 Å². The summed E-state index contributed by atoms with van der Waals surface area (Å²) in [5.74, 6) is 3.35. The van der Waals surface area contributed by atoms with Gasteiger partial charge in [-0.15, -0.1) is 0 Å². The van der Waals surface area contributed by atoms with Crippen molar-refractivity contribution in [2.45, 2.75) is 64.3 Å². The van der Waals surface area contributed by atoms with Crippen LogP contribution in [0.3, 0.4) is 0 Å². The summed E-state index contributed by atoms with van der Waals surface area (Å²) in [7, 11) is 0. The molecule has 5 rings (SSSR count). The fraction of sp³-hybridized carbons (Fsp3) is 0.889. The van der Waals surface area contributed by atoms with Crippen LogP contribution < -0.4 is 0 Å². The molecule has 0 N–H and O–H groups in total. The number of nitrogens with zero attached hydrogens (tertiary/aromatic N) is 1. The molecule has 106 valence electrons. The first-order chi connectivity index (χ1) is 9.22. The van der Waals surface area contributed by atoms with Gasteiger partial charge in [-0.2, -0.15) is 0 Å². The molecule has 4 bridgehead atoms. The lowest BCUT2D eigenvalue weighted by atomic mass is 9.49. The van der Waals surface area contributed by atoms with Crippen LogP contribution in [0.2, 0.25) is 0 Å². The van der Waals surface area contributed by atoms with Crippen molar-refractivity contribution in [3.8, 4) is 0 Å². The van der Waals surface area contributed by atoms with E-state index in [9.17, 15) is 0 Å². The predicted octanol–water partition coefficient (Wildman–Crippen LogP) is 4.24. The molecule has 1 aliphatic heterocycles. The second kappa shape index (κ2) is 4.62. The third kappa shape index (κ3) is 2.28. The first-order valence-corrected chi connectivity index (χ1v) is 8.61. The van der Waals surface area contributed by atoms with Gasteiger partial charge in [-0.3, -0.25) is 4.90 Å². The molecule has 5 aliphatic rings. The topological polar surface area (TPSA) is 3.24 Å². The Balaban J connectivity index is 1.41. The number of hydrogen-bond acceptors (Lipinski definition) is 1. The summed E-state index contributed by atoms with van der Waals surface area (Å²) >= 11 is 0. The summed E-state index contributed by atoms with van der Waals surface area (Å²) in [6.45, 7) is 4.97. The molecule has 1 heterocycles. The van der Waals surface area contributed by atoms with Crippen LogP contribution >= 0.6 is 0 Å². The normalized spacial score (nSPS) is 48.9. The third-order valence-electron chi connectivity index (χ3n) is 6.70. The average molecular weight is 259 g/mol. The predicted molar refractivity (Wildman–Crippen MR) is 80.0 cm³/mol. The largest absolute Gasteiger partial charge is 0.297 e. The minimum atomic E-state index is 0.773. The van der Waals surface area contributed by atoms with Crippen molar-refractivity contribution >= 4 is 0 Å². The molecule has 0 radical (unpaired) electrons. The summed E-state index contributed by atoms with van der Waals surface area (Å²) in [5, 5.41) is 0. The minimum absolute atomic E-state index is 0.773. The van der Waals surface area contributed by atoms with Crippen LogP contribution in [0.15, 0.2) is 12.2 Å². The van der Waals surface area contributed by atoms with Crippen LogP contribution in [0, 0.1) is 23.2 Å². The molecule has 0 aromatic rings. The van der Waals surface area contributed by atoms with Gasteiger partial charge < -0.3 is 0 Å². The van der Waals surface area contributed by atoms with Crippen LogP contribution in [0.5, 0.6) is 0 Å². The second-order valence-electron chi connectivity index (χ2n) is 8.22. The van der Waals surface area contributed by atoms with Gasteiger partial charge in [0.05, 0.1) is 0 Å². The van der Waals surface area contributed by atoms with Crippen molar-refractivity contribution in [2.24, 2.45) is 23.2 Å². The molecule has 0 amide bonds. The van der Waals surface area contributed by atoms with Crippen molar-refractivity contribution in [3.63, 3.8) is 0 Å². The van der Waals surface area contributed by atoms with Gasteiger partial charge in [-0.1, -0.05) is 12.2 Å². The monoisotopic (exact) mass is 259 g/mol. The molecule has 19 heavy (non-hydrogen) atoms. The van der Waals surface area contributed by atoms with Gasteiger partial charge in [-0.05, 0) is 88.0 Å². The Morgan fingerprint density at radius 1 is 1.00 bits per heavy atom. The first-order valence-electron chi connectivity index (χ1n) is 8.61. The highest BCUT2D eigenvalue weighted by Gasteiger charge is 2.50. The average Bonchev–Trinajstić information content (AvgIpc) is 2.36. The minimum Gasteiger partial charge on any atom is -0.297 e. The van der Waals surface area contributed by atoms with E-state index in [1.165, 1.54) is 25.9 Å². The van der Waals surface area contributed by atoms with Crippen LogP contribution in [-0.2, 0) is 0 Å². The molecule has 1 atom stereocenters. The van der Waals surface area contributed by atoms with Crippen molar-refractivity contribution in [1.82, 2.24) is 4.90 Å². The Hall–Kier alpha value is -0.300. The second-order valence-corrected chi connectivity index (χ2v) is 8.22. The molecule has 4 fully saturated rings. The molecule has 0 spiro atoms. The van der Waals surface area contributed by atoms with Crippen LogP contribution in [0.1, 0.15) is 58.3 Å². The fourth-order valence-electron chi connectivity index (χ4n) is 6.12. The SMILES string of the molecule is CC1CC=CCN1CCC12CC3CC(CC(C3)C1)C2. The van der Waals surface area contributed by atoms with Crippen molar-refractivity contribution in [2.75, 3.05) is 13.1 Å². The Bertz CT molecular complexity index is 335. The molecule has 0 aromatic heterocycles. The summed E-state index contributed by atoms with van der Waals surface area (Å²) in [6, 6.07) is 0.777. The molecular weight excluding hydrogens is 230 g/mol. The highest BCUT2D eigenvalue weighted by atomic mass is 15.1. The van der Waals surface area contributed by atoms with E-state index in [1.54, 1.807) is 38.5 Å². The van der Waals surface area contributed by atoms with Crippen molar-refractivity contribution < 1.29 is 0 Å². The summed E-state index contributed by atoms with van der Waals surface area (Å²) in [4.78, 5) is 2.72. The Labute approximate surface area is 118 Å². The highest BCUT2D eigenvalue weighted by molar-refractivity contribution is 5.02. The maximum absolute atomic E-state index is 2.72. The van der Waals surface area contributed by atoms with E-state index in [2.05, 4.69) is 24.0 Å². The van der Waals surface area contributed by atoms with Gasteiger partial charge in [0.2, 0.25) is 0 Å². The quantitative estimate of drug-likeness (QED) is 0.685. The van der Waals surface area contributed by atoms with Gasteiger partial charge in [-0.25, -0.2) is 0 Å². The van der Waals surface area contributed by atoms with Crippen LogP contribution in [0.4, 0.5) is 0 Å². The molecule has 1 nitrogen and oxygen atoms in total. The third-order valence-corrected chi connectivity index (χ3v) is 6.70. The van der Waals surface area contributed by atoms with Gasteiger partial charge in [0.25, 0.3) is 0 Å². The van der Waals surface area contributed by atoms with Gasteiger partial charge in [0.15, 0.2) is 0 Å². The number of hydrogen-bond donors (Lipinski definition) is 0. The molecule has 0 saturated heterocycles. The Morgan fingerprint density at radius 3 is 2.21 bits per heavy atom. The zero-order valence-electron chi connectivity index (χ0n) is 12.5. The van der Waals surface area contributed by atoms with Crippen molar-refractivity contribution in [1.29, 1.82) is 0 Å². The summed E-state index contributed by atoms with van der Waals surface area (Å²) in [6.07, 6.45) is 17.0. The Morgan fingerprint density at radius 2 is 1.63 bits per heavy atom. The zero-order chi connectivity index (χ0) is 12.9. The molecule has 1 heteroatoms. The van der Waals surface area contributed by atoms with E-state index in [1.807, 2.05) is 0 Å². The molecule has 4 aliphatic carbocycles. The lowest BCUT2D eigenvalue weighted by Gasteiger charge is -2.57. The fourth-order valence-corrected chi connectivity index (χ4v) is 6.12. The van der Waals surface area contributed by atoms with Crippen LogP contribution in [-0.4, -0.2) is 24.0 Å². The summed E-state index contributed by atoms with van der Waals surface area (Å²) < 4.78 is 0. The van der Waals surface area contributed by atoms with Gasteiger partial charge in [0.1, 0.15) is 0 Å². The van der Waals surface area contributed by atoms with Gasteiger partial charge in [0, 0.05) is 12.6 Å². The first kappa shape index (κ1) is 12.4. The maximum Gasteiger partial charge on any atom is 0.0166 e. The van der Waals surface area contributed by atoms with E-state index in [0.717, 1.165) is 29.2 Å². The van der Waals surface area contributed by atoms with E-state index >= 15 is 0 Å². The lowest BCUT2D eigenvalue weighted by Crippen LogP contribution is -2.48.